The molecule has 1 heterocycles. The summed E-state index contributed by atoms with van der Waals surface area (Å²) in [6.45, 7) is 3.52. The Kier molecular flexibility index (Phi) is 5.93. The number of hydroxylamine groups is 1. The molecule has 10 heteroatoms. The van der Waals surface area contributed by atoms with Crippen LogP contribution in [0.25, 0.3) is 0 Å². The number of aryl methyl sites for hydroxylation is 1. The fourth-order valence-electron chi connectivity index (χ4n) is 3.20. The standard InChI is InChI=1S/C19H21N5O5/c1-13-4-2-3-5-15(13)20-19(26)23-10-8-22(9-11-23)16-7-6-14(18(25)21-27)12-17(16)24(28)29/h2-7,12,27H,8-11H2,1H3,(H,20,26)(H,21,25). The Morgan fingerprint density at radius 2 is 1.79 bits per heavy atom. The van der Waals surface area contributed by atoms with Crippen LogP contribution in [0.2, 0.25) is 0 Å². The van der Waals surface area contributed by atoms with Crippen molar-refractivity contribution in [3.05, 3.63) is 63.7 Å². The number of carbonyl (C=O) groups excluding carboxylic acids is 2. The molecule has 0 bridgehead atoms. The Bertz CT molecular complexity index is 940. The van der Waals surface area contributed by atoms with Crippen LogP contribution in [0.4, 0.5) is 21.9 Å². The first-order valence-electron chi connectivity index (χ1n) is 9.00. The molecule has 0 saturated carbocycles. The number of piperazine rings is 1. The molecule has 0 aliphatic carbocycles. The van der Waals surface area contributed by atoms with E-state index >= 15 is 0 Å². The summed E-state index contributed by atoms with van der Waals surface area (Å²) in [5.41, 5.74) is 3.28. The van der Waals surface area contributed by atoms with Crippen molar-refractivity contribution in [3.63, 3.8) is 0 Å². The molecule has 0 atom stereocenters. The van der Waals surface area contributed by atoms with Gasteiger partial charge in [-0.3, -0.25) is 20.1 Å². The van der Waals surface area contributed by atoms with Gasteiger partial charge in [0.2, 0.25) is 0 Å². The average molecular weight is 399 g/mol. The van der Waals surface area contributed by atoms with Crippen LogP contribution < -0.4 is 15.7 Å². The molecule has 29 heavy (non-hydrogen) atoms. The van der Waals surface area contributed by atoms with Crippen LogP contribution >= 0.6 is 0 Å². The summed E-state index contributed by atoms with van der Waals surface area (Å²) in [4.78, 5) is 38.4. The fraction of sp³-hybridized carbons (Fsp3) is 0.263. The second-order valence-electron chi connectivity index (χ2n) is 6.62. The van der Waals surface area contributed by atoms with Crippen molar-refractivity contribution in [1.29, 1.82) is 0 Å². The summed E-state index contributed by atoms with van der Waals surface area (Å²) < 4.78 is 0. The van der Waals surface area contributed by atoms with Gasteiger partial charge in [-0.1, -0.05) is 18.2 Å². The molecule has 0 spiro atoms. The Balaban J connectivity index is 1.69. The van der Waals surface area contributed by atoms with Crippen LogP contribution in [-0.2, 0) is 0 Å². The number of nitro groups is 1. The predicted octanol–water partition coefficient (Wildman–Crippen LogP) is 2.38. The highest BCUT2D eigenvalue weighted by Gasteiger charge is 2.27. The number of nitro benzene ring substituents is 1. The minimum Gasteiger partial charge on any atom is -0.362 e. The number of anilines is 2. The number of urea groups is 1. The van der Waals surface area contributed by atoms with Gasteiger partial charge in [-0.25, -0.2) is 10.3 Å². The maximum Gasteiger partial charge on any atom is 0.321 e. The van der Waals surface area contributed by atoms with E-state index in [1.807, 2.05) is 31.2 Å². The Hall–Kier alpha value is -3.66. The van der Waals surface area contributed by atoms with Crippen molar-refractivity contribution in [2.75, 3.05) is 36.4 Å². The number of benzene rings is 2. The first-order chi connectivity index (χ1) is 13.9. The van der Waals surface area contributed by atoms with E-state index in [0.717, 1.165) is 17.3 Å². The maximum absolute atomic E-state index is 12.5. The third-order valence-corrected chi connectivity index (χ3v) is 4.83. The number of carbonyl (C=O) groups is 2. The van der Waals surface area contributed by atoms with E-state index in [1.54, 1.807) is 9.80 Å². The van der Waals surface area contributed by atoms with Gasteiger partial charge in [0.05, 0.1) is 4.92 Å². The van der Waals surface area contributed by atoms with Crippen LogP contribution in [0, 0.1) is 17.0 Å². The smallest absolute Gasteiger partial charge is 0.321 e. The number of hydrogen-bond acceptors (Lipinski definition) is 6. The highest BCUT2D eigenvalue weighted by molar-refractivity contribution is 5.95. The minimum absolute atomic E-state index is 0.0146. The van der Waals surface area contributed by atoms with Crippen molar-refractivity contribution >= 4 is 29.0 Å². The van der Waals surface area contributed by atoms with Crippen LogP contribution in [0.3, 0.4) is 0 Å². The monoisotopic (exact) mass is 399 g/mol. The summed E-state index contributed by atoms with van der Waals surface area (Å²) in [7, 11) is 0. The van der Waals surface area contributed by atoms with Gasteiger partial charge in [0, 0.05) is 43.5 Å². The zero-order valence-corrected chi connectivity index (χ0v) is 15.8. The van der Waals surface area contributed by atoms with Crippen molar-refractivity contribution < 1.29 is 19.7 Å². The second-order valence-corrected chi connectivity index (χ2v) is 6.62. The lowest BCUT2D eigenvalue weighted by molar-refractivity contribution is -0.384. The first-order valence-corrected chi connectivity index (χ1v) is 9.00. The van der Waals surface area contributed by atoms with Gasteiger partial charge in [-0.2, -0.15) is 0 Å². The molecule has 0 unspecified atom stereocenters. The maximum atomic E-state index is 12.5. The Morgan fingerprint density at radius 3 is 2.41 bits per heavy atom. The van der Waals surface area contributed by atoms with E-state index in [2.05, 4.69) is 5.32 Å². The lowest BCUT2D eigenvalue weighted by atomic mass is 10.1. The molecule has 0 radical (unpaired) electrons. The van der Waals surface area contributed by atoms with Crippen LogP contribution in [0.15, 0.2) is 42.5 Å². The van der Waals surface area contributed by atoms with E-state index in [9.17, 15) is 19.7 Å². The van der Waals surface area contributed by atoms with Crippen LogP contribution in [-0.4, -0.2) is 53.1 Å². The topological polar surface area (TPSA) is 128 Å². The van der Waals surface area contributed by atoms with Gasteiger partial charge in [0.25, 0.3) is 11.6 Å². The third-order valence-electron chi connectivity index (χ3n) is 4.83. The van der Waals surface area contributed by atoms with E-state index in [-0.39, 0.29) is 17.3 Å². The summed E-state index contributed by atoms with van der Waals surface area (Å²) >= 11 is 0. The molecule has 0 aromatic heterocycles. The lowest BCUT2D eigenvalue weighted by Gasteiger charge is -2.35. The van der Waals surface area contributed by atoms with Crippen molar-refractivity contribution in [2.24, 2.45) is 0 Å². The van der Waals surface area contributed by atoms with E-state index in [0.29, 0.717) is 31.9 Å². The molecule has 3 rings (SSSR count). The highest BCUT2D eigenvalue weighted by Crippen LogP contribution is 2.30. The lowest BCUT2D eigenvalue weighted by Crippen LogP contribution is -2.50. The van der Waals surface area contributed by atoms with Gasteiger partial charge in [0.15, 0.2) is 0 Å². The summed E-state index contributed by atoms with van der Waals surface area (Å²) in [5, 5.41) is 23.0. The number of rotatable bonds is 4. The average Bonchev–Trinajstić information content (AvgIpc) is 2.74. The van der Waals surface area contributed by atoms with Crippen LogP contribution in [0.1, 0.15) is 15.9 Å². The number of para-hydroxylation sites is 1. The van der Waals surface area contributed by atoms with Gasteiger partial charge < -0.3 is 15.1 Å². The van der Waals surface area contributed by atoms with E-state index in [4.69, 9.17) is 5.21 Å². The number of amides is 3. The summed E-state index contributed by atoms with van der Waals surface area (Å²) in [5.74, 6) is -0.822. The zero-order chi connectivity index (χ0) is 21.0. The number of nitrogens with zero attached hydrogens (tertiary/aromatic N) is 3. The Morgan fingerprint density at radius 1 is 1.10 bits per heavy atom. The minimum atomic E-state index is -0.822. The van der Waals surface area contributed by atoms with Gasteiger partial charge in [0.1, 0.15) is 5.69 Å². The molecule has 1 fully saturated rings. The molecular formula is C19H21N5O5. The largest absolute Gasteiger partial charge is 0.362 e. The number of hydrogen-bond donors (Lipinski definition) is 3. The van der Waals surface area contributed by atoms with Crippen molar-refractivity contribution in [2.45, 2.75) is 6.92 Å². The van der Waals surface area contributed by atoms with Crippen molar-refractivity contribution in [1.82, 2.24) is 10.4 Å². The van der Waals surface area contributed by atoms with Gasteiger partial charge >= 0.3 is 6.03 Å². The predicted molar refractivity (Wildman–Crippen MR) is 106 cm³/mol. The molecule has 1 aliphatic heterocycles. The van der Waals surface area contributed by atoms with Gasteiger partial charge in [-0.15, -0.1) is 0 Å². The fourth-order valence-corrected chi connectivity index (χ4v) is 3.20. The van der Waals surface area contributed by atoms with E-state index < -0.39 is 10.8 Å². The normalized spacial score (nSPS) is 13.7. The molecule has 10 nitrogen and oxygen atoms in total. The van der Waals surface area contributed by atoms with Gasteiger partial charge in [-0.05, 0) is 30.7 Å². The molecule has 3 amide bonds. The molecule has 2 aromatic rings. The zero-order valence-electron chi connectivity index (χ0n) is 15.8. The summed E-state index contributed by atoms with van der Waals surface area (Å²) in [6, 6.07) is 11.3. The number of nitrogens with one attached hydrogen (secondary N) is 2. The second kappa shape index (κ2) is 8.57. The SMILES string of the molecule is Cc1ccccc1NC(=O)N1CCN(c2ccc(C(=O)NO)cc2[N+](=O)[O-])CC1. The Labute approximate surface area is 166 Å². The molecule has 3 N–H and O–H groups in total. The molecule has 152 valence electrons. The van der Waals surface area contributed by atoms with E-state index in [1.165, 1.54) is 17.6 Å². The molecule has 1 aliphatic rings. The molecular weight excluding hydrogens is 378 g/mol. The molecule has 1 saturated heterocycles. The first kappa shape index (κ1) is 20.1. The van der Waals surface area contributed by atoms with Crippen molar-refractivity contribution in [3.8, 4) is 0 Å². The third kappa shape index (κ3) is 4.43. The molecule has 2 aromatic carbocycles. The van der Waals surface area contributed by atoms with Crippen LogP contribution in [0.5, 0.6) is 0 Å². The summed E-state index contributed by atoms with van der Waals surface area (Å²) in [6.07, 6.45) is 0. The highest BCUT2D eigenvalue weighted by atomic mass is 16.6. The quantitative estimate of drug-likeness (QED) is 0.411.